The quantitative estimate of drug-likeness (QED) is 0.791. The highest BCUT2D eigenvalue weighted by Crippen LogP contribution is 2.15. The van der Waals surface area contributed by atoms with Gasteiger partial charge in [0, 0.05) is 11.8 Å². The molecule has 0 aliphatic heterocycles. The van der Waals surface area contributed by atoms with Crippen molar-refractivity contribution in [3.05, 3.63) is 53.9 Å². The van der Waals surface area contributed by atoms with Crippen LogP contribution in [0.15, 0.2) is 42.6 Å². The lowest BCUT2D eigenvalue weighted by Gasteiger charge is -2.07. The molecule has 0 atom stereocenters. The van der Waals surface area contributed by atoms with Gasteiger partial charge in [-0.25, -0.2) is 4.79 Å². The second kappa shape index (κ2) is 5.39. The van der Waals surface area contributed by atoms with E-state index in [4.69, 9.17) is 4.74 Å². The molecule has 5 heteroatoms. The molecule has 0 bridgehead atoms. The summed E-state index contributed by atoms with van der Waals surface area (Å²) in [5.41, 5.74) is 0.621. The van der Waals surface area contributed by atoms with Crippen molar-refractivity contribution in [3.63, 3.8) is 0 Å². The van der Waals surface area contributed by atoms with Crippen LogP contribution in [-0.4, -0.2) is 30.7 Å². The molecule has 1 aromatic carbocycles. The lowest BCUT2D eigenvalue weighted by molar-refractivity contribution is 0.0583. The van der Waals surface area contributed by atoms with Crippen LogP contribution < -0.4 is 4.74 Å². The standard InChI is InChI=1S/C14H13NO4/c1-18-11-6-3-5-10(9-11)13(16)15-8-4-7-12(15)14(17)19-2/h3-9H,1-2H3. The molecular formula is C14H13NO4. The number of rotatable bonds is 3. The Morgan fingerprint density at radius 3 is 2.58 bits per heavy atom. The van der Waals surface area contributed by atoms with Crippen LogP contribution >= 0.6 is 0 Å². The summed E-state index contributed by atoms with van der Waals surface area (Å²) in [6, 6.07) is 9.88. The second-order valence-electron chi connectivity index (χ2n) is 3.79. The van der Waals surface area contributed by atoms with Gasteiger partial charge in [0.2, 0.25) is 0 Å². The SMILES string of the molecule is COC(=O)c1cccn1C(=O)c1cccc(OC)c1. The van der Waals surface area contributed by atoms with Gasteiger partial charge in [0.15, 0.2) is 0 Å². The van der Waals surface area contributed by atoms with E-state index in [1.807, 2.05) is 0 Å². The molecule has 19 heavy (non-hydrogen) atoms. The van der Waals surface area contributed by atoms with Gasteiger partial charge in [-0.1, -0.05) is 6.07 Å². The average molecular weight is 259 g/mol. The number of carbonyl (C=O) groups is 2. The van der Waals surface area contributed by atoms with Crippen molar-refractivity contribution >= 4 is 11.9 Å². The summed E-state index contributed by atoms with van der Waals surface area (Å²) in [5, 5.41) is 0. The molecule has 0 spiro atoms. The van der Waals surface area contributed by atoms with Gasteiger partial charge in [0.05, 0.1) is 14.2 Å². The van der Waals surface area contributed by atoms with Gasteiger partial charge >= 0.3 is 5.97 Å². The normalized spacial score (nSPS) is 10.0. The van der Waals surface area contributed by atoms with E-state index < -0.39 is 5.97 Å². The zero-order chi connectivity index (χ0) is 13.8. The average Bonchev–Trinajstić information content (AvgIpc) is 2.95. The fourth-order valence-electron chi connectivity index (χ4n) is 1.72. The zero-order valence-electron chi connectivity index (χ0n) is 10.6. The van der Waals surface area contributed by atoms with Crippen molar-refractivity contribution in [2.45, 2.75) is 0 Å². The number of aromatic nitrogens is 1. The van der Waals surface area contributed by atoms with E-state index in [9.17, 15) is 9.59 Å². The van der Waals surface area contributed by atoms with Gasteiger partial charge in [-0.2, -0.15) is 0 Å². The van der Waals surface area contributed by atoms with Crippen molar-refractivity contribution in [2.24, 2.45) is 0 Å². The Hall–Kier alpha value is -2.56. The highest BCUT2D eigenvalue weighted by molar-refractivity contribution is 6.01. The molecular weight excluding hydrogens is 246 g/mol. The molecule has 2 aromatic rings. The first-order valence-electron chi connectivity index (χ1n) is 5.62. The smallest absolute Gasteiger partial charge is 0.355 e. The summed E-state index contributed by atoms with van der Waals surface area (Å²) in [6.07, 6.45) is 1.52. The van der Waals surface area contributed by atoms with Crippen LogP contribution in [0.25, 0.3) is 0 Å². The first-order valence-corrected chi connectivity index (χ1v) is 5.62. The first kappa shape index (κ1) is 12.9. The number of hydrogen-bond acceptors (Lipinski definition) is 4. The van der Waals surface area contributed by atoms with E-state index in [2.05, 4.69) is 4.74 Å². The Labute approximate surface area is 110 Å². The number of hydrogen-bond donors (Lipinski definition) is 0. The zero-order valence-corrected chi connectivity index (χ0v) is 10.6. The summed E-state index contributed by atoms with van der Waals surface area (Å²) in [4.78, 5) is 23.9. The number of ether oxygens (including phenoxy) is 2. The summed E-state index contributed by atoms with van der Waals surface area (Å²) in [7, 11) is 2.80. The number of carbonyl (C=O) groups excluding carboxylic acids is 2. The molecule has 0 aliphatic carbocycles. The van der Waals surface area contributed by atoms with Crippen LogP contribution in [0.3, 0.4) is 0 Å². The maximum absolute atomic E-state index is 12.3. The molecule has 5 nitrogen and oxygen atoms in total. The number of methoxy groups -OCH3 is 2. The van der Waals surface area contributed by atoms with Crippen molar-refractivity contribution < 1.29 is 19.1 Å². The second-order valence-corrected chi connectivity index (χ2v) is 3.79. The lowest BCUT2D eigenvalue weighted by Crippen LogP contribution is -2.17. The van der Waals surface area contributed by atoms with E-state index in [0.29, 0.717) is 11.3 Å². The maximum atomic E-state index is 12.3. The Morgan fingerprint density at radius 2 is 1.89 bits per heavy atom. The Balaban J connectivity index is 2.39. The third kappa shape index (κ3) is 2.49. The molecule has 0 amide bonds. The van der Waals surface area contributed by atoms with Crippen LogP contribution in [0, 0.1) is 0 Å². The summed E-state index contributed by atoms with van der Waals surface area (Å²) in [6.45, 7) is 0. The lowest BCUT2D eigenvalue weighted by atomic mass is 10.2. The van der Waals surface area contributed by atoms with Crippen LogP contribution in [-0.2, 0) is 4.74 Å². The fourth-order valence-corrected chi connectivity index (χ4v) is 1.72. The van der Waals surface area contributed by atoms with Gasteiger partial charge < -0.3 is 9.47 Å². The summed E-state index contributed by atoms with van der Waals surface area (Å²) in [5.74, 6) is -0.289. The molecule has 0 radical (unpaired) electrons. The van der Waals surface area contributed by atoms with Gasteiger partial charge in [0.25, 0.3) is 5.91 Å². The largest absolute Gasteiger partial charge is 0.497 e. The van der Waals surface area contributed by atoms with Crippen molar-refractivity contribution in [1.29, 1.82) is 0 Å². The van der Waals surface area contributed by atoms with E-state index in [-0.39, 0.29) is 11.6 Å². The van der Waals surface area contributed by atoms with Gasteiger partial charge in [-0.05, 0) is 30.3 Å². The number of nitrogens with zero attached hydrogens (tertiary/aromatic N) is 1. The van der Waals surface area contributed by atoms with Gasteiger partial charge in [0.1, 0.15) is 11.4 Å². The molecule has 1 heterocycles. The van der Waals surface area contributed by atoms with Gasteiger partial charge in [-0.3, -0.25) is 9.36 Å². The topological polar surface area (TPSA) is 57.5 Å². The van der Waals surface area contributed by atoms with Crippen LogP contribution in [0.5, 0.6) is 5.75 Å². The van der Waals surface area contributed by atoms with E-state index in [1.54, 1.807) is 30.3 Å². The monoisotopic (exact) mass is 259 g/mol. The van der Waals surface area contributed by atoms with E-state index in [1.165, 1.54) is 31.0 Å². The predicted octanol–water partition coefficient (Wildman–Crippen LogP) is 1.97. The highest BCUT2D eigenvalue weighted by atomic mass is 16.5. The minimum atomic E-state index is -0.554. The maximum Gasteiger partial charge on any atom is 0.355 e. The third-order valence-corrected chi connectivity index (χ3v) is 2.68. The predicted molar refractivity (Wildman–Crippen MR) is 68.5 cm³/mol. The molecule has 0 saturated carbocycles. The number of benzene rings is 1. The molecule has 0 fully saturated rings. The highest BCUT2D eigenvalue weighted by Gasteiger charge is 2.17. The fraction of sp³-hybridized carbons (Fsp3) is 0.143. The molecule has 0 saturated heterocycles. The third-order valence-electron chi connectivity index (χ3n) is 2.68. The number of esters is 1. The molecule has 98 valence electrons. The molecule has 0 unspecified atom stereocenters. The Kier molecular flexibility index (Phi) is 3.66. The van der Waals surface area contributed by atoms with Crippen LogP contribution in [0.2, 0.25) is 0 Å². The molecule has 1 aromatic heterocycles. The Morgan fingerprint density at radius 1 is 1.11 bits per heavy atom. The molecule has 2 rings (SSSR count). The van der Waals surface area contributed by atoms with Crippen molar-refractivity contribution in [1.82, 2.24) is 4.57 Å². The van der Waals surface area contributed by atoms with Gasteiger partial charge in [-0.15, -0.1) is 0 Å². The summed E-state index contributed by atoms with van der Waals surface area (Å²) >= 11 is 0. The van der Waals surface area contributed by atoms with Crippen molar-refractivity contribution in [3.8, 4) is 5.75 Å². The minimum absolute atomic E-state index is 0.190. The Bertz CT molecular complexity index is 615. The summed E-state index contributed by atoms with van der Waals surface area (Å²) < 4.78 is 10.9. The van der Waals surface area contributed by atoms with E-state index >= 15 is 0 Å². The first-order chi connectivity index (χ1) is 9.17. The van der Waals surface area contributed by atoms with Crippen molar-refractivity contribution in [2.75, 3.05) is 14.2 Å². The molecule has 0 N–H and O–H groups in total. The molecule has 0 aliphatic rings. The van der Waals surface area contributed by atoms with Crippen LogP contribution in [0.1, 0.15) is 20.8 Å². The van der Waals surface area contributed by atoms with Crippen LogP contribution in [0.4, 0.5) is 0 Å². The van der Waals surface area contributed by atoms with E-state index in [0.717, 1.165) is 0 Å². The minimum Gasteiger partial charge on any atom is -0.497 e.